The molecule has 0 fully saturated rings. The molecule has 2 heterocycles. The van der Waals surface area contributed by atoms with Crippen molar-refractivity contribution in [2.24, 2.45) is 0 Å². The fraction of sp³-hybridized carbons (Fsp3) is 0.467. The van der Waals surface area contributed by atoms with E-state index in [2.05, 4.69) is 34.1 Å². The van der Waals surface area contributed by atoms with E-state index in [0.29, 0.717) is 13.0 Å². The fourth-order valence-electron chi connectivity index (χ4n) is 2.24. The zero-order valence-corrected chi connectivity index (χ0v) is 12.8. The number of nitrogens with zero attached hydrogens (tertiary/aromatic N) is 2. The first-order chi connectivity index (χ1) is 9.69. The molecule has 0 saturated carbocycles. The van der Waals surface area contributed by atoms with E-state index in [1.54, 1.807) is 17.5 Å². The first kappa shape index (κ1) is 14.8. The van der Waals surface area contributed by atoms with Crippen LogP contribution in [0.5, 0.6) is 0 Å². The van der Waals surface area contributed by atoms with E-state index < -0.39 is 0 Å². The molecule has 0 aliphatic rings. The van der Waals surface area contributed by atoms with Crippen LogP contribution < -0.4 is 5.32 Å². The lowest BCUT2D eigenvalue weighted by Crippen LogP contribution is -2.34. The molecule has 5 heteroatoms. The smallest absolute Gasteiger partial charge is 0.222 e. The summed E-state index contributed by atoms with van der Waals surface area (Å²) in [5.74, 6) is 1.13. The van der Waals surface area contributed by atoms with Crippen molar-refractivity contribution >= 4 is 17.2 Å². The minimum absolute atomic E-state index is 0.100. The maximum atomic E-state index is 11.9. The summed E-state index contributed by atoms with van der Waals surface area (Å²) in [6, 6.07) is 2.28. The maximum Gasteiger partial charge on any atom is 0.222 e. The second-order valence-corrected chi connectivity index (χ2v) is 5.72. The molecule has 1 unspecified atom stereocenters. The molecule has 0 spiro atoms. The summed E-state index contributed by atoms with van der Waals surface area (Å²) in [5, 5.41) is 7.24. The van der Waals surface area contributed by atoms with Gasteiger partial charge in [0.1, 0.15) is 5.82 Å². The third-order valence-corrected chi connectivity index (χ3v) is 3.96. The molecule has 1 atom stereocenters. The lowest BCUT2D eigenvalue weighted by molar-refractivity contribution is -0.121. The van der Waals surface area contributed by atoms with Gasteiger partial charge in [0, 0.05) is 37.8 Å². The van der Waals surface area contributed by atoms with Gasteiger partial charge in [-0.2, -0.15) is 11.3 Å². The van der Waals surface area contributed by atoms with Gasteiger partial charge in [-0.3, -0.25) is 4.79 Å². The zero-order chi connectivity index (χ0) is 14.4. The number of carbonyl (C=O) groups excluding carboxylic acids is 1. The Balaban J connectivity index is 1.75. The van der Waals surface area contributed by atoms with E-state index >= 15 is 0 Å². The summed E-state index contributed by atoms with van der Waals surface area (Å²) in [6.07, 6.45) is 6.00. The number of hydrogen-bond acceptors (Lipinski definition) is 3. The summed E-state index contributed by atoms with van der Waals surface area (Å²) < 4.78 is 2.04. The predicted octanol–water partition coefficient (Wildman–Crippen LogP) is 2.64. The number of thiophene rings is 1. The first-order valence-electron chi connectivity index (χ1n) is 6.99. The molecule has 0 aliphatic carbocycles. The second kappa shape index (κ2) is 7.24. The largest absolute Gasteiger partial charge is 0.353 e. The maximum absolute atomic E-state index is 11.9. The van der Waals surface area contributed by atoms with E-state index in [9.17, 15) is 4.79 Å². The molecule has 0 radical (unpaired) electrons. The molecule has 0 bridgehead atoms. The van der Waals surface area contributed by atoms with Gasteiger partial charge in [0.05, 0.1) is 0 Å². The van der Waals surface area contributed by atoms with Crippen LogP contribution in [0.1, 0.15) is 31.7 Å². The highest BCUT2D eigenvalue weighted by Gasteiger charge is 2.09. The second-order valence-electron chi connectivity index (χ2n) is 4.94. The number of hydrogen-bond donors (Lipinski definition) is 1. The quantitative estimate of drug-likeness (QED) is 0.852. The number of rotatable bonds is 7. The Kier molecular flexibility index (Phi) is 5.35. The van der Waals surface area contributed by atoms with Gasteiger partial charge >= 0.3 is 0 Å². The number of nitrogens with one attached hydrogen (secondary N) is 1. The zero-order valence-electron chi connectivity index (χ0n) is 12.0. The molecule has 108 valence electrons. The van der Waals surface area contributed by atoms with E-state index in [1.165, 1.54) is 5.56 Å². The molecule has 0 aromatic carbocycles. The molecular weight excluding hydrogens is 270 g/mol. The van der Waals surface area contributed by atoms with Crippen LogP contribution in [0, 0.1) is 0 Å². The highest BCUT2D eigenvalue weighted by atomic mass is 32.1. The highest BCUT2D eigenvalue weighted by molar-refractivity contribution is 7.07. The van der Waals surface area contributed by atoms with Gasteiger partial charge in [0.15, 0.2) is 0 Å². The Morgan fingerprint density at radius 3 is 3.10 bits per heavy atom. The monoisotopic (exact) mass is 291 g/mol. The number of amides is 1. The van der Waals surface area contributed by atoms with E-state index in [0.717, 1.165) is 18.7 Å². The summed E-state index contributed by atoms with van der Waals surface area (Å²) >= 11 is 1.69. The molecule has 4 nitrogen and oxygen atoms in total. The topological polar surface area (TPSA) is 46.9 Å². The molecule has 2 rings (SSSR count). The normalized spacial score (nSPS) is 12.3. The first-order valence-corrected chi connectivity index (χ1v) is 7.93. The van der Waals surface area contributed by atoms with Crippen molar-refractivity contribution in [1.82, 2.24) is 14.9 Å². The Bertz CT molecular complexity index is 533. The Labute approximate surface area is 123 Å². The van der Waals surface area contributed by atoms with E-state index in [-0.39, 0.29) is 11.9 Å². The molecule has 1 amide bonds. The number of carbonyl (C=O) groups is 1. The summed E-state index contributed by atoms with van der Waals surface area (Å²) in [6.45, 7) is 4.81. The standard InChI is InChI=1S/C15H21N3OS/c1-3-14-16-6-8-18(14)7-4-15(19)17-12(2)10-13-5-9-20-11-13/h5-6,8-9,11-12H,3-4,7,10H2,1-2H3,(H,17,19). The van der Waals surface area contributed by atoms with E-state index in [4.69, 9.17) is 0 Å². The predicted molar refractivity (Wildman–Crippen MR) is 81.8 cm³/mol. The molecule has 0 saturated heterocycles. The van der Waals surface area contributed by atoms with Gasteiger partial charge in [0.2, 0.25) is 5.91 Å². The van der Waals surface area contributed by atoms with Gasteiger partial charge < -0.3 is 9.88 Å². The summed E-state index contributed by atoms with van der Waals surface area (Å²) in [4.78, 5) is 16.2. The molecule has 20 heavy (non-hydrogen) atoms. The minimum Gasteiger partial charge on any atom is -0.353 e. The molecule has 2 aromatic heterocycles. The van der Waals surface area contributed by atoms with Crippen molar-refractivity contribution in [3.63, 3.8) is 0 Å². The van der Waals surface area contributed by atoms with Crippen LogP contribution in [0.25, 0.3) is 0 Å². The number of aryl methyl sites for hydroxylation is 2. The molecule has 1 N–H and O–H groups in total. The van der Waals surface area contributed by atoms with Crippen molar-refractivity contribution in [3.8, 4) is 0 Å². The van der Waals surface area contributed by atoms with Crippen LogP contribution in [0.15, 0.2) is 29.2 Å². The molecule has 2 aromatic rings. The van der Waals surface area contributed by atoms with Crippen molar-refractivity contribution < 1.29 is 4.79 Å². The molecular formula is C15H21N3OS. The van der Waals surface area contributed by atoms with E-state index in [1.807, 2.05) is 17.7 Å². The number of aromatic nitrogens is 2. The lowest BCUT2D eigenvalue weighted by atomic mass is 10.1. The average molecular weight is 291 g/mol. The van der Waals surface area contributed by atoms with Crippen LogP contribution in [-0.4, -0.2) is 21.5 Å². The van der Waals surface area contributed by atoms with Crippen LogP contribution >= 0.6 is 11.3 Å². The third-order valence-electron chi connectivity index (χ3n) is 3.23. The summed E-state index contributed by atoms with van der Waals surface area (Å²) in [7, 11) is 0. The van der Waals surface area contributed by atoms with Crippen LogP contribution in [0.4, 0.5) is 0 Å². The Morgan fingerprint density at radius 1 is 1.55 bits per heavy atom. The fourth-order valence-corrected chi connectivity index (χ4v) is 2.92. The van der Waals surface area contributed by atoms with Crippen molar-refractivity contribution in [2.75, 3.05) is 0 Å². The van der Waals surface area contributed by atoms with Gasteiger partial charge in [-0.15, -0.1) is 0 Å². The lowest BCUT2D eigenvalue weighted by Gasteiger charge is -2.13. The van der Waals surface area contributed by atoms with Crippen LogP contribution in [-0.2, 0) is 24.2 Å². The van der Waals surface area contributed by atoms with Crippen molar-refractivity contribution in [3.05, 3.63) is 40.6 Å². The van der Waals surface area contributed by atoms with Crippen LogP contribution in [0.3, 0.4) is 0 Å². The average Bonchev–Trinajstić information content (AvgIpc) is 3.06. The minimum atomic E-state index is 0.100. The molecule has 0 aliphatic heterocycles. The van der Waals surface area contributed by atoms with Gasteiger partial charge in [0.25, 0.3) is 0 Å². The third kappa shape index (κ3) is 4.20. The Hall–Kier alpha value is -1.62. The van der Waals surface area contributed by atoms with Crippen LogP contribution in [0.2, 0.25) is 0 Å². The SMILES string of the molecule is CCc1nccn1CCC(=O)NC(C)Cc1ccsc1. The van der Waals surface area contributed by atoms with Gasteiger partial charge in [-0.25, -0.2) is 4.98 Å². The Morgan fingerprint density at radius 2 is 2.40 bits per heavy atom. The van der Waals surface area contributed by atoms with Gasteiger partial charge in [-0.05, 0) is 35.7 Å². The number of imidazole rings is 1. The van der Waals surface area contributed by atoms with Crippen molar-refractivity contribution in [2.45, 2.75) is 45.7 Å². The highest BCUT2D eigenvalue weighted by Crippen LogP contribution is 2.08. The van der Waals surface area contributed by atoms with Crippen molar-refractivity contribution in [1.29, 1.82) is 0 Å². The summed E-state index contributed by atoms with van der Waals surface area (Å²) in [5.41, 5.74) is 1.28. The van der Waals surface area contributed by atoms with Gasteiger partial charge in [-0.1, -0.05) is 6.92 Å².